The van der Waals surface area contributed by atoms with E-state index in [9.17, 15) is 9.18 Å². The number of benzene rings is 1. The molecule has 2 rings (SSSR count). The molecule has 1 aliphatic rings. The predicted octanol–water partition coefficient (Wildman–Crippen LogP) is 1.56. The molecule has 1 aromatic carbocycles. The van der Waals surface area contributed by atoms with Crippen LogP contribution in [0.4, 0.5) is 9.18 Å². The summed E-state index contributed by atoms with van der Waals surface area (Å²) in [5, 5.41) is 12.3. The first-order valence-corrected chi connectivity index (χ1v) is 7.95. The fourth-order valence-corrected chi connectivity index (χ4v) is 2.50. The number of hydrogen-bond donors (Lipinski definition) is 3. The van der Waals surface area contributed by atoms with E-state index in [0.717, 1.165) is 12.8 Å². The first kappa shape index (κ1) is 17.8. The highest BCUT2D eigenvalue weighted by Crippen LogP contribution is 2.16. The molecule has 1 aliphatic heterocycles. The van der Waals surface area contributed by atoms with Gasteiger partial charge in [0.1, 0.15) is 0 Å². The van der Waals surface area contributed by atoms with Crippen LogP contribution in [0.3, 0.4) is 0 Å². The van der Waals surface area contributed by atoms with Crippen molar-refractivity contribution in [2.75, 3.05) is 19.7 Å². The van der Waals surface area contributed by atoms with E-state index in [1.165, 1.54) is 12.1 Å². The normalized spacial score (nSPS) is 16.1. The quantitative estimate of drug-likeness (QED) is 0.571. The van der Waals surface area contributed by atoms with Crippen LogP contribution < -0.4 is 11.1 Å². The van der Waals surface area contributed by atoms with Gasteiger partial charge in [0, 0.05) is 19.1 Å². The zero-order chi connectivity index (χ0) is 17.5. The molecule has 0 bridgehead atoms. The molecule has 0 radical (unpaired) electrons. The number of nitrogens with zero attached hydrogens (tertiary/aromatic N) is 2. The Balaban J connectivity index is 1.79. The van der Waals surface area contributed by atoms with E-state index in [1.54, 1.807) is 17.9 Å². The zero-order valence-corrected chi connectivity index (χ0v) is 13.7. The Morgan fingerprint density at radius 1 is 1.50 bits per heavy atom. The van der Waals surface area contributed by atoms with Crippen molar-refractivity contribution in [3.63, 3.8) is 0 Å². The predicted molar refractivity (Wildman–Crippen MR) is 88.1 cm³/mol. The number of rotatable bonds is 4. The van der Waals surface area contributed by atoms with Crippen molar-refractivity contribution < 1.29 is 19.0 Å². The van der Waals surface area contributed by atoms with Gasteiger partial charge in [-0.2, -0.15) is 0 Å². The average Bonchev–Trinajstić information content (AvgIpc) is 2.57. The maximum atomic E-state index is 13.2. The lowest BCUT2D eigenvalue weighted by atomic mass is 10.1. The van der Waals surface area contributed by atoms with Gasteiger partial charge in [-0.05, 0) is 37.5 Å². The summed E-state index contributed by atoms with van der Waals surface area (Å²) in [4.78, 5) is 17.5. The third-order valence-electron chi connectivity index (χ3n) is 3.82. The number of nitrogens with one attached hydrogen (secondary N) is 1. The van der Waals surface area contributed by atoms with Crippen LogP contribution in [0, 0.1) is 5.82 Å². The van der Waals surface area contributed by atoms with Crippen LogP contribution in [0.5, 0.6) is 5.75 Å². The maximum Gasteiger partial charge on any atom is 0.409 e. The number of guanidine groups is 1. The lowest BCUT2D eigenvalue weighted by Gasteiger charge is -2.31. The van der Waals surface area contributed by atoms with E-state index < -0.39 is 5.82 Å². The van der Waals surface area contributed by atoms with Crippen molar-refractivity contribution in [1.29, 1.82) is 0 Å². The number of aliphatic imine (C=N–C) groups is 1. The van der Waals surface area contributed by atoms with Crippen LogP contribution in [0.25, 0.3) is 0 Å². The molecule has 1 saturated heterocycles. The van der Waals surface area contributed by atoms with Crippen molar-refractivity contribution in [1.82, 2.24) is 10.2 Å². The molecular weight excluding hydrogens is 315 g/mol. The fraction of sp³-hybridized carbons (Fsp3) is 0.500. The van der Waals surface area contributed by atoms with E-state index in [2.05, 4.69) is 10.3 Å². The summed E-state index contributed by atoms with van der Waals surface area (Å²) in [6, 6.07) is 4.24. The molecule has 1 fully saturated rings. The van der Waals surface area contributed by atoms with Gasteiger partial charge in [0.25, 0.3) is 0 Å². The molecule has 132 valence electrons. The summed E-state index contributed by atoms with van der Waals surface area (Å²) in [5.74, 6) is -0.791. The van der Waals surface area contributed by atoms with E-state index in [4.69, 9.17) is 15.6 Å². The SMILES string of the molecule is CCOC(=O)N1CCC(NC(N)=NCc2ccc(O)c(F)c2)CC1. The zero-order valence-electron chi connectivity index (χ0n) is 13.7. The number of piperidine rings is 1. The van der Waals surface area contributed by atoms with Gasteiger partial charge >= 0.3 is 6.09 Å². The number of nitrogens with two attached hydrogens (primary N) is 1. The van der Waals surface area contributed by atoms with Crippen LogP contribution in [-0.4, -0.2) is 47.8 Å². The van der Waals surface area contributed by atoms with E-state index in [0.29, 0.717) is 25.3 Å². The van der Waals surface area contributed by atoms with Crippen LogP contribution in [0.15, 0.2) is 23.2 Å². The standard InChI is InChI=1S/C16H23FN4O3/c1-2-24-16(23)21-7-5-12(6-8-21)20-15(18)19-10-11-3-4-14(22)13(17)9-11/h3-4,9,12,22H,2,5-8,10H2,1H3,(H3,18,19,20). The molecule has 1 aromatic rings. The van der Waals surface area contributed by atoms with E-state index in [1.807, 2.05) is 0 Å². The number of phenols is 1. The number of likely N-dealkylation sites (tertiary alicyclic amines) is 1. The lowest BCUT2D eigenvalue weighted by molar-refractivity contribution is 0.0963. The highest BCUT2D eigenvalue weighted by atomic mass is 19.1. The van der Waals surface area contributed by atoms with E-state index >= 15 is 0 Å². The van der Waals surface area contributed by atoms with Crippen molar-refractivity contribution >= 4 is 12.1 Å². The summed E-state index contributed by atoms with van der Waals surface area (Å²) in [6.07, 6.45) is 1.22. The van der Waals surface area contributed by atoms with Gasteiger partial charge in [-0.25, -0.2) is 14.2 Å². The number of carbonyl (C=O) groups is 1. The Bertz CT molecular complexity index is 601. The Hall–Kier alpha value is -2.51. The molecule has 1 amide bonds. The van der Waals surface area contributed by atoms with Gasteiger partial charge in [-0.3, -0.25) is 0 Å². The van der Waals surface area contributed by atoms with Crippen LogP contribution >= 0.6 is 0 Å². The summed E-state index contributed by atoms with van der Waals surface area (Å²) < 4.78 is 18.2. The minimum absolute atomic E-state index is 0.135. The highest BCUT2D eigenvalue weighted by molar-refractivity contribution is 5.78. The first-order chi connectivity index (χ1) is 11.5. The second-order valence-electron chi connectivity index (χ2n) is 5.59. The number of aromatic hydroxyl groups is 1. The summed E-state index contributed by atoms with van der Waals surface area (Å²) in [5.41, 5.74) is 6.47. The third-order valence-corrected chi connectivity index (χ3v) is 3.82. The topological polar surface area (TPSA) is 100 Å². The molecule has 7 nitrogen and oxygen atoms in total. The fourth-order valence-electron chi connectivity index (χ4n) is 2.50. The smallest absolute Gasteiger partial charge is 0.409 e. The minimum Gasteiger partial charge on any atom is -0.505 e. The van der Waals surface area contributed by atoms with Gasteiger partial charge in [-0.15, -0.1) is 0 Å². The molecule has 4 N–H and O–H groups in total. The molecule has 0 saturated carbocycles. The Kier molecular flexibility index (Phi) is 6.22. The maximum absolute atomic E-state index is 13.2. The third kappa shape index (κ3) is 5.00. The number of amides is 1. The molecule has 0 aliphatic carbocycles. The molecule has 0 aromatic heterocycles. The van der Waals surface area contributed by atoms with E-state index in [-0.39, 0.29) is 30.4 Å². The molecule has 0 unspecified atom stereocenters. The van der Waals surface area contributed by atoms with Crippen LogP contribution in [0.2, 0.25) is 0 Å². The van der Waals surface area contributed by atoms with Gasteiger partial charge in [-0.1, -0.05) is 6.07 Å². The molecule has 1 heterocycles. The van der Waals surface area contributed by atoms with Gasteiger partial charge in [0.15, 0.2) is 17.5 Å². The monoisotopic (exact) mass is 338 g/mol. The summed E-state index contributed by atoms with van der Waals surface area (Å²) in [7, 11) is 0. The van der Waals surface area contributed by atoms with Gasteiger partial charge in [0.2, 0.25) is 0 Å². The number of ether oxygens (including phenoxy) is 1. The van der Waals surface area contributed by atoms with Crippen molar-refractivity contribution in [3.05, 3.63) is 29.6 Å². The molecule has 24 heavy (non-hydrogen) atoms. The van der Waals surface area contributed by atoms with Gasteiger partial charge < -0.3 is 25.8 Å². The van der Waals surface area contributed by atoms with Crippen LogP contribution in [-0.2, 0) is 11.3 Å². The van der Waals surface area contributed by atoms with Crippen molar-refractivity contribution in [2.45, 2.75) is 32.4 Å². The summed E-state index contributed by atoms with van der Waals surface area (Å²) in [6.45, 7) is 3.58. The first-order valence-electron chi connectivity index (χ1n) is 7.95. The van der Waals surface area contributed by atoms with Crippen molar-refractivity contribution in [3.8, 4) is 5.75 Å². The second kappa shape index (κ2) is 8.37. The molecular formula is C16H23FN4O3. The second-order valence-corrected chi connectivity index (χ2v) is 5.59. The average molecular weight is 338 g/mol. The Labute approximate surface area is 140 Å². The molecule has 0 atom stereocenters. The number of phenolic OH excluding ortho intramolecular Hbond substituents is 1. The number of hydrogen-bond acceptors (Lipinski definition) is 4. The Morgan fingerprint density at radius 2 is 2.21 bits per heavy atom. The molecule has 0 spiro atoms. The number of halogens is 1. The highest BCUT2D eigenvalue weighted by Gasteiger charge is 2.23. The van der Waals surface area contributed by atoms with Gasteiger partial charge in [0.05, 0.1) is 13.2 Å². The Morgan fingerprint density at radius 3 is 2.83 bits per heavy atom. The minimum atomic E-state index is -0.680. The van der Waals surface area contributed by atoms with Crippen LogP contribution in [0.1, 0.15) is 25.3 Å². The number of carbonyl (C=O) groups excluding carboxylic acids is 1. The lowest BCUT2D eigenvalue weighted by Crippen LogP contribution is -2.48. The molecule has 8 heteroatoms. The largest absolute Gasteiger partial charge is 0.505 e. The summed E-state index contributed by atoms with van der Waals surface area (Å²) >= 11 is 0. The van der Waals surface area contributed by atoms with Crippen molar-refractivity contribution in [2.24, 2.45) is 10.7 Å².